The SMILES string of the molecule is C=CC(=O)OCc1c(-c2ccccc2OC)ccc2c1C(C)=CC(C)(C)N2. The Morgan fingerprint density at radius 2 is 1.93 bits per heavy atom. The summed E-state index contributed by atoms with van der Waals surface area (Å²) in [5.74, 6) is 0.337. The van der Waals surface area contributed by atoms with Crippen LogP contribution in [-0.2, 0) is 16.1 Å². The van der Waals surface area contributed by atoms with Gasteiger partial charge >= 0.3 is 5.97 Å². The molecule has 0 aliphatic carbocycles. The van der Waals surface area contributed by atoms with Crippen molar-refractivity contribution >= 4 is 17.2 Å². The third-order valence-corrected chi connectivity index (χ3v) is 4.66. The van der Waals surface area contributed by atoms with Crippen LogP contribution in [0.15, 0.2) is 55.1 Å². The molecule has 0 radical (unpaired) electrons. The first-order valence-corrected chi connectivity index (χ1v) is 8.93. The van der Waals surface area contributed by atoms with E-state index < -0.39 is 5.97 Å². The second-order valence-corrected chi connectivity index (χ2v) is 7.20. The van der Waals surface area contributed by atoms with Crippen molar-refractivity contribution in [2.45, 2.75) is 32.9 Å². The molecule has 0 fully saturated rings. The molecular weight excluding hydrogens is 338 g/mol. The van der Waals surface area contributed by atoms with Gasteiger partial charge < -0.3 is 14.8 Å². The fourth-order valence-electron chi connectivity index (χ4n) is 3.67. The number of anilines is 1. The van der Waals surface area contributed by atoms with Crippen LogP contribution in [0, 0.1) is 0 Å². The van der Waals surface area contributed by atoms with Gasteiger partial charge in [-0.15, -0.1) is 0 Å². The number of carbonyl (C=O) groups excluding carboxylic acids is 1. The van der Waals surface area contributed by atoms with Gasteiger partial charge in [-0.05, 0) is 44.0 Å². The summed E-state index contributed by atoms with van der Waals surface area (Å²) in [5.41, 5.74) is 6.00. The van der Waals surface area contributed by atoms with Gasteiger partial charge in [0.1, 0.15) is 12.4 Å². The zero-order chi connectivity index (χ0) is 19.6. The number of esters is 1. The van der Waals surface area contributed by atoms with Crippen molar-refractivity contribution in [3.8, 4) is 16.9 Å². The topological polar surface area (TPSA) is 47.6 Å². The Bertz CT molecular complexity index is 925. The van der Waals surface area contributed by atoms with E-state index in [1.807, 2.05) is 24.3 Å². The van der Waals surface area contributed by atoms with Crippen molar-refractivity contribution in [2.24, 2.45) is 0 Å². The summed E-state index contributed by atoms with van der Waals surface area (Å²) in [4.78, 5) is 11.7. The van der Waals surface area contributed by atoms with Crippen LogP contribution < -0.4 is 10.1 Å². The number of carbonyl (C=O) groups is 1. The fraction of sp³-hybridized carbons (Fsp3) is 0.261. The number of ether oxygens (including phenoxy) is 2. The number of hydrogen-bond acceptors (Lipinski definition) is 4. The monoisotopic (exact) mass is 363 g/mol. The Morgan fingerprint density at radius 1 is 1.19 bits per heavy atom. The molecule has 2 aromatic rings. The molecule has 0 amide bonds. The summed E-state index contributed by atoms with van der Waals surface area (Å²) in [7, 11) is 1.66. The van der Waals surface area contributed by atoms with Crippen LogP contribution in [0.3, 0.4) is 0 Å². The normalized spacial score (nSPS) is 14.4. The zero-order valence-corrected chi connectivity index (χ0v) is 16.3. The van der Waals surface area contributed by atoms with E-state index in [1.165, 1.54) is 6.08 Å². The zero-order valence-electron chi connectivity index (χ0n) is 16.3. The van der Waals surface area contributed by atoms with Crippen LogP contribution >= 0.6 is 0 Å². The maximum absolute atomic E-state index is 11.7. The predicted octanol–water partition coefficient (Wildman–Crippen LogP) is 5.20. The molecule has 3 rings (SSSR count). The van der Waals surface area contributed by atoms with E-state index in [-0.39, 0.29) is 12.1 Å². The smallest absolute Gasteiger partial charge is 0.330 e. The highest BCUT2D eigenvalue weighted by Crippen LogP contribution is 2.42. The van der Waals surface area contributed by atoms with Crippen molar-refractivity contribution in [1.29, 1.82) is 0 Å². The first-order valence-electron chi connectivity index (χ1n) is 8.93. The lowest BCUT2D eigenvalue weighted by molar-refractivity contribution is -0.138. The number of nitrogens with one attached hydrogen (secondary N) is 1. The summed E-state index contributed by atoms with van der Waals surface area (Å²) in [6.45, 7) is 9.99. The van der Waals surface area contributed by atoms with Gasteiger partial charge in [-0.1, -0.05) is 36.9 Å². The minimum absolute atomic E-state index is 0.141. The largest absolute Gasteiger partial charge is 0.496 e. The Kier molecular flexibility index (Phi) is 5.08. The van der Waals surface area contributed by atoms with E-state index in [2.05, 4.69) is 50.9 Å². The molecule has 4 nitrogen and oxygen atoms in total. The average molecular weight is 363 g/mol. The van der Waals surface area contributed by atoms with Gasteiger partial charge in [-0.2, -0.15) is 0 Å². The van der Waals surface area contributed by atoms with Gasteiger partial charge in [0.05, 0.1) is 12.6 Å². The summed E-state index contributed by atoms with van der Waals surface area (Å²) >= 11 is 0. The van der Waals surface area contributed by atoms with E-state index in [0.29, 0.717) is 0 Å². The second kappa shape index (κ2) is 7.31. The Morgan fingerprint density at radius 3 is 2.63 bits per heavy atom. The van der Waals surface area contributed by atoms with Crippen LogP contribution in [-0.4, -0.2) is 18.6 Å². The number of methoxy groups -OCH3 is 1. The molecule has 4 heteroatoms. The molecule has 1 aliphatic heterocycles. The third kappa shape index (κ3) is 3.75. The maximum atomic E-state index is 11.7. The van der Waals surface area contributed by atoms with Gasteiger partial charge in [0.2, 0.25) is 0 Å². The molecular formula is C23H25NO3. The maximum Gasteiger partial charge on any atom is 0.330 e. The molecule has 1 aliphatic rings. The molecule has 27 heavy (non-hydrogen) atoms. The lowest BCUT2D eigenvalue weighted by Gasteiger charge is -2.33. The lowest BCUT2D eigenvalue weighted by atomic mass is 9.85. The predicted molar refractivity (Wildman–Crippen MR) is 110 cm³/mol. The molecule has 0 aromatic heterocycles. The minimum atomic E-state index is -0.440. The molecule has 0 atom stereocenters. The van der Waals surface area contributed by atoms with Crippen molar-refractivity contribution in [3.63, 3.8) is 0 Å². The number of rotatable bonds is 5. The van der Waals surface area contributed by atoms with E-state index in [1.54, 1.807) is 7.11 Å². The molecule has 0 saturated heterocycles. The first-order chi connectivity index (χ1) is 12.9. The molecule has 0 bridgehead atoms. The van der Waals surface area contributed by atoms with Crippen LogP contribution in [0.2, 0.25) is 0 Å². The fourth-order valence-corrected chi connectivity index (χ4v) is 3.67. The number of allylic oxidation sites excluding steroid dienone is 1. The summed E-state index contributed by atoms with van der Waals surface area (Å²) in [5, 5.41) is 3.55. The van der Waals surface area contributed by atoms with E-state index >= 15 is 0 Å². The molecule has 2 aromatic carbocycles. The van der Waals surface area contributed by atoms with Crippen LogP contribution in [0.5, 0.6) is 5.75 Å². The number of para-hydroxylation sites is 1. The highest BCUT2D eigenvalue weighted by atomic mass is 16.5. The van der Waals surface area contributed by atoms with E-state index in [4.69, 9.17) is 9.47 Å². The lowest BCUT2D eigenvalue weighted by Crippen LogP contribution is -2.32. The minimum Gasteiger partial charge on any atom is -0.496 e. The van der Waals surface area contributed by atoms with Gasteiger partial charge in [-0.3, -0.25) is 0 Å². The van der Waals surface area contributed by atoms with Gasteiger partial charge in [0.25, 0.3) is 0 Å². The second-order valence-electron chi connectivity index (χ2n) is 7.20. The van der Waals surface area contributed by atoms with Gasteiger partial charge in [0.15, 0.2) is 0 Å². The number of hydrogen-bond donors (Lipinski definition) is 1. The molecule has 0 saturated carbocycles. The molecule has 1 heterocycles. The molecule has 1 N–H and O–H groups in total. The van der Waals surface area contributed by atoms with Gasteiger partial charge in [0, 0.05) is 28.5 Å². The standard InChI is InChI=1S/C23H25NO3/c1-6-21(25)27-14-18-16(17-9-7-8-10-20(17)26-5)11-12-19-22(18)15(2)13-23(3,4)24-19/h6-13,24H,1,14H2,2-5H3. The van der Waals surface area contributed by atoms with Crippen molar-refractivity contribution in [1.82, 2.24) is 0 Å². The van der Waals surface area contributed by atoms with E-state index in [0.717, 1.165) is 39.3 Å². The van der Waals surface area contributed by atoms with Crippen molar-refractivity contribution < 1.29 is 14.3 Å². The highest BCUT2D eigenvalue weighted by Gasteiger charge is 2.26. The Hall–Kier alpha value is -3.01. The number of benzene rings is 2. The third-order valence-electron chi connectivity index (χ3n) is 4.66. The number of fused-ring (bicyclic) bond motifs is 1. The van der Waals surface area contributed by atoms with E-state index in [9.17, 15) is 4.79 Å². The summed E-state index contributed by atoms with van der Waals surface area (Å²) < 4.78 is 11.0. The van der Waals surface area contributed by atoms with Crippen LogP contribution in [0.1, 0.15) is 31.9 Å². The molecule has 0 spiro atoms. The molecule has 140 valence electrons. The Balaban J connectivity index is 2.21. The highest BCUT2D eigenvalue weighted by molar-refractivity contribution is 5.89. The summed E-state index contributed by atoms with van der Waals surface area (Å²) in [6.07, 6.45) is 3.38. The quantitative estimate of drug-likeness (QED) is 0.586. The van der Waals surface area contributed by atoms with Crippen molar-refractivity contribution in [2.75, 3.05) is 12.4 Å². The summed E-state index contributed by atoms with van der Waals surface area (Å²) in [6, 6.07) is 12.0. The Labute approximate surface area is 160 Å². The van der Waals surface area contributed by atoms with Crippen molar-refractivity contribution in [3.05, 3.63) is 66.3 Å². The first kappa shape index (κ1) is 18.8. The molecule has 0 unspecified atom stereocenters. The van der Waals surface area contributed by atoms with Crippen LogP contribution in [0.4, 0.5) is 5.69 Å². The average Bonchev–Trinajstić information content (AvgIpc) is 2.64. The van der Waals surface area contributed by atoms with Crippen LogP contribution in [0.25, 0.3) is 16.7 Å². The van der Waals surface area contributed by atoms with Gasteiger partial charge in [-0.25, -0.2) is 4.79 Å².